The Morgan fingerprint density at radius 1 is 1.23 bits per heavy atom. The molecule has 0 atom stereocenters. The number of sulfonamides is 1. The van der Waals surface area contributed by atoms with Crippen LogP contribution in [-0.2, 0) is 10.0 Å². The van der Waals surface area contributed by atoms with Crippen molar-refractivity contribution < 1.29 is 17.9 Å². The number of carbonyl (C=O) groups is 1. The maximum atomic E-state index is 12.9. The summed E-state index contributed by atoms with van der Waals surface area (Å²) in [7, 11) is -2.38. The van der Waals surface area contributed by atoms with Gasteiger partial charge in [0.15, 0.2) is 0 Å². The molecule has 0 unspecified atom stereocenters. The molecule has 1 amide bonds. The lowest BCUT2D eigenvalue weighted by atomic mass is 9.93. The molecule has 0 saturated heterocycles. The fraction of sp³-hybridized carbons (Fsp3) is 0.526. The van der Waals surface area contributed by atoms with Crippen molar-refractivity contribution in [3.05, 3.63) is 23.8 Å². The van der Waals surface area contributed by atoms with Gasteiger partial charge in [-0.2, -0.15) is 4.31 Å². The van der Waals surface area contributed by atoms with E-state index >= 15 is 0 Å². The van der Waals surface area contributed by atoms with E-state index in [1.165, 1.54) is 29.6 Å². The van der Waals surface area contributed by atoms with Gasteiger partial charge in [-0.15, -0.1) is 6.42 Å². The van der Waals surface area contributed by atoms with E-state index in [4.69, 9.17) is 11.2 Å². The minimum absolute atomic E-state index is 0.0318. The number of amides is 1. The first-order chi connectivity index (χ1) is 12.2. The van der Waals surface area contributed by atoms with E-state index in [-0.39, 0.29) is 16.2 Å². The van der Waals surface area contributed by atoms with Crippen molar-refractivity contribution in [2.45, 2.75) is 51.0 Å². The molecule has 0 aromatic heterocycles. The molecule has 1 rings (SSSR count). The van der Waals surface area contributed by atoms with Crippen molar-refractivity contribution in [3.8, 4) is 18.1 Å². The largest absolute Gasteiger partial charge is 0.495 e. The summed E-state index contributed by atoms with van der Waals surface area (Å²) in [5, 5.41) is 2.84. The van der Waals surface area contributed by atoms with Crippen molar-refractivity contribution in [2.24, 2.45) is 0 Å². The Bertz CT molecular complexity index is 773. The molecule has 0 bridgehead atoms. The van der Waals surface area contributed by atoms with Crippen molar-refractivity contribution in [2.75, 3.05) is 20.2 Å². The fourth-order valence-corrected chi connectivity index (χ4v) is 4.32. The van der Waals surface area contributed by atoms with Crippen LogP contribution in [0, 0.1) is 12.3 Å². The summed E-state index contributed by atoms with van der Waals surface area (Å²) >= 11 is 0. The van der Waals surface area contributed by atoms with Gasteiger partial charge in [0.05, 0.1) is 7.11 Å². The highest BCUT2D eigenvalue weighted by atomic mass is 32.2. The SMILES string of the molecule is C#CC(CC)(CC)NC(=O)c1ccc(OC)c(S(=O)(=O)N(CC)CC)c1. The number of hydrogen-bond acceptors (Lipinski definition) is 4. The zero-order chi connectivity index (χ0) is 20.0. The quantitative estimate of drug-likeness (QED) is 0.668. The highest BCUT2D eigenvalue weighted by Crippen LogP contribution is 2.28. The average molecular weight is 381 g/mol. The maximum Gasteiger partial charge on any atom is 0.252 e. The molecule has 0 aliphatic carbocycles. The van der Waals surface area contributed by atoms with Crippen LogP contribution in [0.25, 0.3) is 0 Å². The summed E-state index contributed by atoms with van der Waals surface area (Å²) in [6, 6.07) is 4.36. The van der Waals surface area contributed by atoms with Gasteiger partial charge in [-0.1, -0.05) is 33.6 Å². The van der Waals surface area contributed by atoms with E-state index in [0.29, 0.717) is 25.9 Å². The number of ether oxygens (including phenoxy) is 1. The molecule has 0 fully saturated rings. The number of terminal acetylenes is 1. The minimum Gasteiger partial charge on any atom is -0.495 e. The molecule has 0 aliphatic rings. The van der Waals surface area contributed by atoms with E-state index < -0.39 is 21.5 Å². The van der Waals surface area contributed by atoms with Crippen molar-refractivity contribution in [3.63, 3.8) is 0 Å². The number of methoxy groups -OCH3 is 1. The molecule has 0 heterocycles. The summed E-state index contributed by atoms with van der Waals surface area (Å²) in [6.07, 6.45) is 6.74. The van der Waals surface area contributed by atoms with Gasteiger partial charge in [-0.3, -0.25) is 4.79 Å². The molecule has 1 aromatic rings. The summed E-state index contributed by atoms with van der Waals surface area (Å²) in [4.78, 5) is 12.6. The fourth-order valence-electron chi connectivity index (χ4n) is 2.68. The van der Waals surface area contributed by atoms with Crippen LogP contribution in [-0.4, -0.2) is 44.4 Å². The molecule has 7 heteroatoms. The number of nitrogens with zero attached hydrogens (tertiary/aromatic N) is 1. The van der Waals surface area contributed by atoms with Crippen LogP contribution >= 0.6 is 0 Å². The van der Waals surface area contributed by atoms with Crippen molar-refractivity contribution in [1.29, 1.82) is 0 Å². The Hall–Kier alpha value is -2.04. The lowest BCUT2D eigenvalue weighted by Gasteiger charge is -2.27. The third-order valence-corrected chi connectivity index (χ3v) is 6.66. The van der Waals surface area contributed by atoms with Gasteiger partial charge < -0.3 is 10.1 Å². The molecule has 144 valence electrons. The normalized spacial score (nSPS) is 11.9. The van der Waals surface area contributed by atoms with Gasteiger partial charge in [0.2, 0.25) is 10.0 Å². The first-order valence-corrected chi connectivity index (χ1v) is 10.2. The molecule has 6 nitrogen and oxygen atoms in total. The molecule has 1 N–H and O–H groups in total. The topological polar surface area (TPSA) is 75.7 Å². The van der Waals surface area contributed by atoms with E-state index in [9.17, 15) is 13.2 Å². The third-order valence-electron chi connectivity index (χ3n) is 4.59. The first kappa shape index (κ1) is 22.0. The van der Waals surface area contributed by atoms with E-state index in [1.54, 1.807) is 13.8 Å². The zero-order valence-corrected chi connectivity index (χ0v) is 16.9. The van der Waals surface area contributed by atoms with Crippen LogP contribution < -0.4 is 10.1 Å². The minimum atomic E-state index is -3.77. The number of benzene rings is 1. The Labute approximate surface area is 157 Å². The van der Waals surface area contributed by atoms with Crippen molar-refractivity contribution in [1.82, 2.24) is 9.62 Å². The van der Waals surface area contributed by atoms with E-state index in [1.807, 2.05) is 13.8 Å². The number of carbonyl (C=O) groups excluding carboxylic acids is 1. The summed E-state index contributed by atoms with van der Waals surface area (Å²) in [6.45, 7) is 7.96. The zero-order valence-electron chi connectivity index (χ0n) is 16.1. The first-order valence-electron chi connectivity index (χ1n) is 8.73. The Kier molecular flexibility index (Phi) is 7.67. The summed E-state index contributed by atoms with van der Waals surface area (Å²) < 4.78 is 32.3. The number of rotatable bonds is 9. The standard InChI is InChI=1S/C19H28N2O4S/c1-7-19(8-2,9-3)20-18(22)15-12-13-16(25-6)17(14-15)26(23,24)21(10-4)11-5/h1,12-14H,8-11H2,2-6H3,(H,20,22). The molecule has 26 heavy (non-hydrogen) atoms. The Morgan fingerprint density at radius 2 is 1.81 bits per heavy atom. The van der Waals surface area contributed by atoms with Gasteiger partial charge in [0.25, 0.3) is 5.91 Å². The van der Waals surface area contributed by atoms with E-state index in [2.05, 4.69) is 11.2 Å². The lowest BCUT2D eigenvalue weighted by Crippen LogP contribution is -2.46. The molecular formula is C19H28N2O4S. The van der Waals surface area contributed by atoms with Crippen LogP contribution in [0.5, 0.6) is 5.75 Å². The van der Waals surface area contributed by atoms with Gasteiger partial charge in [-0.25, -0.2) is 8.42 Å². The second kappa shape index (κ2) is 9.06. The predicted octanol–water partition coefficient (Wildman–Crippen LogP) is 2.65. The summed E-state index contributed by atoms with van der Waals surface area (Å²) in [5.74, 6) is 2.42. The van der Waals surface area contributed by atoms with Gasteiger partial charge in [-0.05, 0) is 31.0 Å². The average Bonchev–Trinajstić information content (AvgIpc) is 2.66. The highest BCUT2D eigenvalue weighted by Gasteiger charge is 2.29. The molecule has 0 saturated carbocycles. The van der Waals surface area contributed by atoms with Gasteiger partial charge in [0, 0.05) is 18.7 Å². The Balaban J connectivity index is 3.38. The molecule has 0 spiro atoms. The van der Waals surface area contributed by atoms with Crippen LogP contribution in [0.4, 0.5) is 0 Å². The monoisotopic (exact) mass is 380 g/mol. The van der Waals surface area contributed by atoms with E-state index in [0.717, 1.165) is 0 Å². The van der Waals surface area contributed by atoms with Crippen LogP contribution in [0.3, 0.4) is 0 Å². The maximum absolute atomic E-state index is 12.9. The smallest absolute Gasteiger partial charge is 0.252 e. The lowest BCUT2D eigenvalue weighted by molar-refractivity contribution is 0.0916. The molecule has 1 aromatic carbocycles. The molecular weight excluding hydrogens is 352 g/mol. The van der Waals surface area contributed by atoms with Gasteiger partial charge in [0.1, 0.15) is 16.2 Å². The van der Waals surface area contributed by atoms with Crippen LogP contribution in [0.15, 0.2) is 23.1 Å². The van der Waals surface area contributed by atoms with Gasteiger partial charge >= 0.3 is 0 Å². The van der Waals surface area contributed by atoms with Crippen molar-refractivity contribution >= 4 is 15.9 Å². The van der Waals surface area contributed by atoms with Crippen LogP contribution in [0.1, 0.15) is 50.9 Å². The van der Waals surface area contributed by atoms with Crippen LogP contribution in [0.2, 0.25) is 0 Å². The second-order valence-electron chi connectivity index (χ2n) is 5.84. The molecule has 0 radical (unpaired) electrons. The predicted molar refractivity (Wildman–Crippen MR) is 103 cm³/mol. The Morgan fingerprint density at radius 3 is 2.23 bits per heavy atom. The summed E-state index contributed by atoms with van der Waals surface area (Å²) in [5.41, 5.74) is -0.535. The molecule has 0 aliphatic heterocycles. The number of nitrogens with one attached hydrogen (secondary N) is 1. The number of hydrogen-bond donors (Lipinski definition) is 1. The second-order valence-corrected chi connectivity index (χ2v) is 7.75. The third kappa shape index (κ3) is 4.37. The highest BCUT2D eigenvalue weighted by molar-refractivity contribution is 7.89.